The number of methoxy groups -OCH3 is 1. The van der Waals surface area contributed by atoms with Crippen LogP contribution in [0.1, 0.15) is 18.1 Å². The summed E-state index contributed by atoms with van der Waals surface area (Å²) in [4.78, 5) is 27.2. The quantitative estimate of drug-likeness (QED) is 0.495. The molecule has 0 atom stereocenters. The zero-order valence-corrected chi connectivity index (χ0v) is 17.6. The minimum absolute atomic E-state index is 0.246. The third-order valence-corrected chi connectivity index (χ3v) is 5.77. The number of amides is 2. The second kappa shape index (κ2) is 8.63. The summed E-state index contributed by atoms with van der Waals surface area (Å²) >= 11 is 0.956. The van der Waals surface area contributed by atoms with Crippen LogP contribution in [0.2, 0.25) is 0 Å². The van der Waals surface area contributed by atoms with Crippen molar-refractivity contribution in [3.05, 3.63) is 76.7 Å². The molecule has 0 spiro atoms. The van der Waals surface area contributed by atoms with E-state index in [9.17, 15) is 9.59 Å². The molecule has 5 nitrogen and oxygen atoms in total. The predicted octanol–water partition coefficient (Wildman–Crippen LogP) is 5.48. The van der Waals surface area contributed by atoms with E-state index in [4.69, 9.17) is 9.47 Å². The van der Waals surface area contributed by atoms with Gasteiger partial charge in [-0.1, -0.05) is 48.5 Å². The predicted molar refractivity (Wildman–Crippen MR) is 120 cm³/mol. The Hall–Kier alpha value is -3.25. The molecule has 1 heterocycles. The number of hydrogen-bond acceptors (Lipinski definition) is 5. The third-order valence-electron chi connectivity index (χ3n) is 4.87. The summed E-state index contributed by atoms with van der Waals surface area (Å²) in [6, 6.07) is 19.3. The number of hydrogen-bond donors (Lipinski definition) is 0. The van der Waals surface area contributed by atoms with Crippen molar-refractivity contribution in [2.45, 2.75) is 13.5 Å². The van der Waals surface area contributed by atoms with Gasteiger partial charge in [0.25, 0.3) is 11.1 Å². The molecule has 1 saturated heterocycles. The molecule has 0 radical (unpaired) electrons. The lowest BCUT2D eigenvalue weighted by atomic mass is 10.0. The molecule has 0 aliphatic carbocycles. The minimum atomic E-state index is -0.286. The smallest absolute Gasteiger partial charge is 0.293 e. The maximum atomic E-state index is 12.9. The summed E-state index contributed by atoms with van der Waals surface area (Å²) in [5, 5.41) is 1.86. The monoisotopic (exact) mass is 419 g/mol. The number of carbonyl (C=O) groups excluding carboxylic acids is 2. The average Bonchev–Trinajstić information content (AvgIpc) is 3.02. The van der Waals surface area contributed by atoms with E-state index in [-0.39, 0.29) is 17.7 Å². The average molecular weight is 420 g/mol. The second-order valence-corrected chi connectivity index (χ2v) is 7.74. The number of thioether (sulfide) groups is 1. The summed E-state index contributed by atoms with van der Waals surface area (Å²) < 4.78 is 10.9. The van der Waals surface area contributed by atoms with E-state index in [0.29, 0.717) is 23.0 Å². The molecule has 3 aromatic carbocycles. The van der Waals surface area contributed by atoms with E-state index in [1.165, 1.54) is 4.90 Å². The maximum Gasteiger partial charge on any atom is 0.293 e. The maximum absolute atomic E-state index is 12.9. The molecule has 0 N–H and O–H groups in total. The van der Waals surface area contributed by atoms with Gasteiger partial charge in [0.15, 0.2) is 11.5 Å². The summed E-state index contributed by atoms with van der Waals surface area (Å²) in [6.07, 6.45) is 1.71. The number of nitrogens with zero attached hydrogens (tertiary/aromatic N) is 1. The lowest BCUT2D eigenvalue weighted by molar-refractivity contribution is -0.123. The van der Waals surface area contributed by atoms with Gasteiger partial charge < -0.3 is 9.47 Å². The van der Waals surface area contributed by atoms with Crippen LogP contribution < -0.4 is 9.47 Å². The first-order chi connectivity index (χ1) is 14.6. The van der Waals surface area contributed by atoms with Crippen LogP contribution in [0.3, 0.4) is 0 Å². The lowest BCUT2D eigenvalue weighted by Gasteiger charge is -2.14. The van der Waals surface area contributed by atoms with Crippen LogP contribution in [-0.4, -0.2) is 29.8 Å². The molecule has 1 aliphatic rings. The van der Waals surface area contributed by atoms with E-state index in [1.54, 1.807) is 25.3 Å². The number of carbonyl (C=O) groups is 2. The standard InChI is InChI=1S/C24H21NO4S/c1-3-29-20-12-11-16(13-21(20)28-2)14-22-23(26)25(24(27)30-22)15-18-9-6-8-17-7-4-5-10-19(17)18/h4-14H,3,15H2,1-2H3/b22-14-. The number of rotatable bonds is 6. The largest absolute Gasteiger partial charge is 0.493 e. The van der Waals surface area contributed by atoms with Crippen LogP contribution in [-0.2, 0) is 11.3 Å². The fourth-order valence-electron chi connectivity index (χ4n) is 3.44. The van der Waals surface area contributed by atoms with Gasteiger partial charge in [-0.05, 0) is 58.8 Å². The molecular weight excluding hydrogens is 398 g/mol. The van der Waals surface area contributed by atoms with E-state index in [1.807, 2.05) is 55.5 Å². The van der Waals surface area contributed by atoms with Crippen LogP contribution >= 0.6 is 11.8 Å². The molecule has 30 heavy (non-hydrogen) atoms. The van der Waals surface area contributed by atoms with E-state index in [2.05, 4.69) is 0 Å². The molecule has 0 unspecified atom stereocenters. The molecule has 3 aromatic rings. The minimum Gasteiger partial charge on any atom is -0.493 e. The summed E-state index contributed by atoms with van der Waals surface area (Å²) in [5.74, 6) is 0.938. The first kappa shape index (κ1) is 20.0. The molecular formula is C24H21NO4S. The molecule has 1 aliphatic heterocycles. The zero-order valence-electron chi connectivity index (χ0n) is 16.8. The van der Waals surface area contributed by atoms with Crippen LogP contribution in [0.15, 0.2) is 65.6 Å². The van der Waals surface area contributed by atoms with Crippen LogP contribution in [0.25, 0.3) is 16.8 Å². The molecule has 4 rings (SSSR count). The highest BCUT2D eigenvalue weighted by Gasteiger charge is 2.35. The van der Waals surface area contributed by atoms with Crippen molar-refractivity contribution in [3.8, 4) is 11.5 Å². The summed E-state index contributed by atoms with van der Waals surface area (Å²) in [6.45, 7) is 2.68. The van der Waals surface area contributed by atoms with Crippen LogP contribution in [0.5, 0.6) is 11.5 Å². The number of imide groups is 1. The Bertz CT molecular complexity index is 1150. The van der Waals surface area contributed by atoms with Gasteiger partial charge in [-0.3, -0.25) is 14.5 Å². The lowest BCUT2D eigenvalue weighted by Crippen LogP contribution is -2.27. The summed E-state index contributed by atoms with van der Waals surface area (Å²) in [7, 11) is 1.57. The molecule has 0 saturated carbocycles. The Labute approximate surface area is 179 Å². The van der Waals surface area contributed by atoms with E-state index < -0.39 is 0 Å². The van der Waals surface area contributed by atoms with Gasteiger partial charge in [0.1, 0.15) is 0 Å². The highest BCUT2D eigenvalue weighted by atomic mass is 32.2. The van der Waals surface area contributed by atoms with Crippen LogP contribution in [0, 0.1) is 0 Å². The summed E-state index contributed by atoms with van der Waals surface area (Å²) in [5.41, 5.74) is 1.71. The molecule has 152 valence electrons. The van der Waals surface area contributed by atoms with Gasteiger partial charge in [-0.2, -0.15) is 0 Å². The molecule has 0 bridgehead atoms. The van der Waals surface area contributed by atoms with Crippen molar-refractivity contribution in [2.24, 2.45) is 0 Å². The number of fused-ring (bicyclic) bond motifs is 1. The Morgan fingerprint density at radius 2 is 1.80 bits per heavy atom. The van der Waals surface area contributed by atoms with Gasteiger partial charge >= 0.3 is 0 Å². The van der Waals surface area contributed by atoms with Crippen molar-refractivity contribution in [3.63, 3.8) is 0 Å². The van der Waals surface area contributed by atoms with E-state index in [0.717, 1.165) is 33.7 Å². The highest BCUT2D eigenvalue weighted by Crippen LogP contribution is 2.36. The molecule has 6 heteroatoms. The van der Waals surface area contributed by atoms with Crippen molar-refractivity contribution in [1.29, 1.82) is 0 Å². The van der Waals surface area contributed by atoms with Gasteiger partial charge in [0, 0.05) is 0 Å². The molecule has 0 aromatic heterocycles. The van der Waals surface area contributed by atoms with Gasteiger partial charge in [0.2, 0.25) is 0 Å². The van der Waals surface area contributed by atoms with Crippen molar-refractivity contribution < 1.29 is 19.1 Å². The Morgan fingerprint density at radius 1 is 1.00 bits per heavy atom. The fraction of sp³-hybridized carbons (Fsp3) is 0.167. The van der Waals surface area contributed by atoms with Crippen molar-refractivity contribution >= 4 is 39.8 Å². The van der Waals surface area contributed by atoms with Crippen LogP contribution in [0.4, 0.5) is 4.79 Å². The van der Waals surface area contributed by atoms with Gasteiger partial charge in [-0.25, -0.2) is 0 Å². The molecule has 1 fully saturated rings. The topological polar surface area (TPSA) is 55.8 Å². The first-order valence-corrected chi connectivity index (χ1v) is 10.4. The Kier molecular flexibility index (Phi) is 5.77. The SMILES string of the molecule is CCOc1ccc(/C=C2\SC(=O)N(Cc3cccc4ccccc34)C2=O)cc1OC. The van der Waals surface area contributed by atoms with Crippen molar-refractivity contribution in [2.75, 3.05) is 13.7 Å². The van der Waals surface area contributed by atoms with Gasteiger partial charge in [0.05, 0.1) is 25.2 Å². The number of benzene rings is 3. The Morgan fingerprint density at radius 3 is 2.60 bits per heavy atom. The third kappa shape index (κ3) is 3.91. The number of ether oxygens (including phenoxy) is 2. The molecule has 2 amide bonds. The van der Waals surface area contributed by atoms with E-state index >= 15 is 0 Å². The van der Waals surface area contributed by atoms with Gasteiger partial charge in [-0.15, -0.1) is 0 Å². The second-order valence-electron chi connectivity index (χ2n) is 6.75. The highest BCUT2D eigenvalue weighted by molar-refractivity contribution is 8.18. The van der Waals surface area contributed by atoms with Crippen molar-refractivity contribution in [1.82, 2.24) is 4.90 Å². The first-order valence-electron chi connectivity index (χ1n) is 9.63. The normalized spacial score (nSPS) is 15.3. The zero-order chi connectivity index (χ0) is 21.1. The Balaban J connectivity index is 1.60. The fourth-order valence-corrected chi connectivity index (χ4v) is 4.28.